The van der Waals surface area contributed by atoms with Crippen molar-refractivity contribution in [3.63, 3.8) is 0 Å². The van der Waals surface area contributed by atoms with E-state index in [1.54, 1.807) is 13.8 Å². The van der Waals surface area contributed by atoms with E-state index >= 15 is 0 Å². The van der Waals surface area contributed by atoms with Crippen LogP contribution in [0.25, 0.3) is 0 Å². The molecule has 0 aromatic carbocycles. The maximum Gasteiger partial charge on any atom is 0.322 e. The summed E-state index contributed by atoms with van der Waals surface area (Å²) in [5.74, 6) is -1.21. The van der Waals surface area contributed by atoms with Gasteiger partial charge in [-0.3, -0.25) is 4.79 Å². The Morgan fingerprint density at radius 2 is 1.69 bits per heavy atom. The third kappa shape index (κ3) is 4.96. The molecular formula is C11H22O4S. The summed E-state index contributed by atoms with van der Waals surface area (Å²) in [7, 11) is -3.52. The summed E-state index contributed by atoms with van der Waals surface area (Å²) < 4.78 is 23.6. The topological polar surface area (TPSA) is 71.4 Å². The molecule has 0 aromatic rings. The van der Waals surface area contributed by atoms with Gasteiger partial charge in [-0.1, -0.05) is 34.1 Å². The van der Waals surface area contributed by atoms with Crippen LogP contribution in [0.15, 0.2) is 0 Å². The molecule has 16 heavy (non-hydrogen) atoms. The van der Waals surface area contributed by atoms with Crippen molar-refractivity contribution < 1.29 is 18.3 Å². The van der Waals surface area contributed by atoms with Gasteiger partial charge in [0.15, 0.2) is 15.1 Å². The summed E-state index contributed by atoms with van der Waals surface area (Å²) in [6.45, 7) is 7.28. The molecule has 0 rings (SSSR count). The smallest absolute Gasteiger partial charge is 0.322 e. The summed E-state index contributed by atoms with van der Waals surface area (Å²) in [6, 6.07) is 0. The van der Waals surface area contributed by atoms with Crippen molar-refractivity contribution >= 4 is 15.8 Å². The fourth-order valence-electron chi connectivity index (χ4n) is 1.67. The van der Waals surface area contributed by atoms with Crippen molar-refractivity contribution in [3.05, 3.63) is 0 Å². The van der Waals surface area contributed by atoms with E-state index in [1.165, 1.54) is 0 Å². The van der Waals surface area contributed by atoms with Gasteiger partial charge in [0.2, 0.25) is 0 Å². The number of carboxylic acids is 1. The molecule has 5 heteroatoms. The lowest BCUT2D eigenvalue weighted by molar-refractivity contribution is -0.137. The molecule has 1 atom stereocenters. The minimum absolute atomic E-state index is 0.0275. The SMILES string of the molecule is CC(C)CCCS(=O)(=O)C(C(=O)O)C(C)C. The average molecular weight is 250 g/mol. The zero-order valence-electron chi connectivity index (χ0n) is 10.4. The van der Waals surface area contributed by atoms with Crippen LogP contribution < -0.4 is 0 Å². The average Bonchev–Trinajstić information content (AvgIpc) is 1.98. The van der Waals surface area contributed by atoms with Gasteiger partial charge >= 0.3 is 5.97 Å². The van der Waals surface area contributed by atoms with E-state index in [4.69, 9.17) is 5.11 Å². The van der Waals surface area contributed by atoms with Crippen molar-refractivity contribution in [3.8, 4) is 0 Å². The largest absolute Gasteiger partial charge is 0.480 e. The minimum atomic E-state index is -3.52. The Hall–Kier alpha value is -0.580. The van der Waals surface area contributed by atoms with Crippen molar-refractivity contribution in [1.29, 1.82) is 0 Å². The lowest BCUT2D eigenvalue weighted by Crippen LogP contribution is -2.36. The number of hydrogen-bond acceptors (Lipinski definition) is 3. The number of rotatable bonds is 7. The van der Waals surface area contributed by atoms with E-state index in [2.05, 4.69) is 0 Å². The molecule has 0 heterocycles. The second kappa shape index (κ2) is 6.23. The Balaban J connectivity index is 4.56. The molecule has 0 spiro atoms. The molecule has 4 nitrogen and oxygen atoms in total. The molecule has 0 aromatic heterocycles. The van der Waals surface area contributed by atoms with Crippen molar-refractivity contribution in [1.82, 2.24) is 0 Å². The van der Waals surface area contributed by atoms with Gasteiger partial charge < -0.3 is 5.11 Å². The monoisotopic (exact) mass is 250 g/mol. The summed E-state index contributed by atoms with van der Waals surface area (Å²) >= 11 is 0. The predicted octanol–water partition coefficient (Wildman–Crippen LogP) is 1.95. The van der Waals surface area contributed by atoms with Gasteiger partial charge in [-0.15, -0.1) is 0 Å². The molecule has 0 bridgehead atoms. The van der Waals surface area contributed by atoms with Crippen LogP contribution in [0.2, 0.25) is 0 Å². The van der Waals surface area contributed by atoms with E-state index in [9.17, 15) is 13.2 Å². The number of aliphatic carboxylic acids is 1. The molecule has 0 aliphatic heterocycles. The molecule has 0 saturated carbocycles. The number of carbonyl (C=O) groups is 1. The van der Waals surface area contributed by atoms with Crippen LogP contribution in [-0.2, 0) is 14.6 Å². The number of hydrogen-bond donors (Lipinski definition) is 1. The molecule has 0 aliphatic carbocycles. The standard InChI is InChI=1S/C11H22O4S/c1-8(2)6-5-7-16(14,15)10(9(3)4)11(12)13/h8-10H,5-7H2,1-4H3,(H,12,13). The zero-order valence-corrected chi connectivity index (χ0v) is 11.3. The van der Waals surface area contributed by atoms with E-state index in [0.717, 1.165) is 6.42 Å². The fourth-order valence-corrected chi connectivity index (χ4v) is 3.63. The summed E-state index contributed by atoms with van der Waals surface area (Å²) in [6.07, 6.45) is 1.35. The minimum Gasteiger partial charge on any atom is -0.480 e. The van der Waals surface area contributed by atoms with Gasteiger partial charge in [0, 0.05) is 0 Å². The lowest BCUT2D eigenvalue weighted by Gasteiger charge is -2.17. The van der Waals surface area contributed by atoms with E-state index in [-0.39, 0.29) is 11.7 Å². The van der Waals surface area contributed by atoms with Gasteiger partial charge in [0.1, 0.15) is 0 Å². The molecular weight excluding hydrogens is 228 g/mol. The molecule has 0 amide bonds. The van der Waals surface area contributed by atoms with Gasteiger partial charge in [-0.25, -0.2) is 8.42 Å². The van der Waals surface area contributed by atoms with Crippen LogP contribution >= 0.6 is 0 Å². The van der Waals surface area contributed by atoms with E-state index in [0.29, 0.717) is 12.3 Å². The predicted molar refractivity (Wildman–Crippen MR) is 64.1 cm³/mol. The van der Waals surface area contributed by atoms with Crippen LogP contribution in [-0.4, -0.2) is 30.5 Å². The van der Waals surface area contributed by atoms with Crippen LogP contribution in [0, 0.1) is 11.8 Å². The molecule has 0 aliphatic rings. The lowest BCUT2D eigenvalue weighted by atomic mass is 10.1. The Morgan fingerprint density at radius 3 is 2.00 bits per heavy atom. The normalized spacial score (nSPS) is 14.4. The quantitative estimate of drug-likeness (QED) is 0.749. The maximum absolute atomic E-state index is 11.8. The van der Waals surface area contributed by atoms with Gasteiger partial charge in [-0.2, -0.15) is 0 Å². The van der Waals surface area contributed by atoms with E-state index in [1.807, 2.05) is 13.8 Å². The molecule has 0 radical (unpaired) electrons. The maximum atomic E-state index is 11.8. The highest BCUT2D eigenvalue weighted by Gasteiger charge is 2.34. The van der Waals surface area contributed by atoms with Crippen molar-refractivity contribution in [2.45, 2.75) is 45.8 Å². The molecule has 0 fully saturated rings. The number of sulfone groups is 1. The molecule has 0 saturated heterocycles. The number of carboxylic acid groups (broad SMARTS) is 1. The Labute approximate surface area is 98.0 Å². The molecule has 96 valence electrons. The molecule has 1 unspecified atom stereocenters. The Kier molecular flexibility index (Phi) is 6.00. The summed E-state index contributed by atoms with van der Waals surface area (Å²) in [4.78, 5) is 10.9. The van der Waals surface area contributed by atoms with Crippen LogP contribution in [0.1, 0.15) is 40.5 Å². The Morgan fingerprint density at radius 1 is 1.19 bits per heavy atom. The second-order valence-corrected chi connectivity index (χ2v) is 7.15. The molecule has 1 N–H and O–H groups in total. The highest BCUT2D eigenvalue weighted by molar-refractivity contribution is 7.92. The third-order valence-corrected chi connectivity index (χ3v) is 4.82. The van der Waals surface area contributed by atoms with Crippen LogP contribution in [0.5, 0.6) is 0 Å². The second-order valence-electron chi connectivity index (χ2n) is 4.91. The van der Waals surface area contributed by atoms with E-state index < -0.39 is 21.1 Å². The first-order valence-corrected chi connectivity index (χ1v) is 7.34. The van der Waals surface area contributed by atoms with Gasteiger partial charge in [0.05, 0.1) is 5.75 Å². The first kappa shape index (κ1) is 15.4. The first-order valence-electron chi connectivity index (χ1n) is 5.63. The summed E-state index contributed by atoms with van der Waals surface area (Å²) in [5, 5.41) is 7.64. The zero-order chi connectivity index (χ0) is 12.9. The van der Waals surface area contributed by atoms with Crippen LogP contribution in [0.4, 0.5) is 0 Å². The highest BCUT2D eigenvalue weighted by atomic mass is 32.2. The highest BCUT2D eigenvalue weighted by Crippen LogP contribution is 2.16. The van der Waals surface area contributed by atoms with Gasteiger partial charge in [-0.05, 0) is 18.3 Å². The van der Waals surface area contributed by atoms with Crippen LogP contribution in [0.3, 0.4) is 0 Å². The van der Waals surface area contributed by atoms with Crippen molar-refractivity contribution in [2.24, 2.45) is 11.8 Å². The Bertz CT molecular complexity index is 317. The van der Waals surface area contributed by atoms with Gasteiger partial charge in [0.25, 0.3) is 0 Å². The first-order chi connectivity index (χ1) is 7.18. The summed E-state index contributed by atoms with van der Waals surface area (Å²) in [5.41, 5.74) is 0. The third-order valence-electron chi connectivity index (χ3n) is 2.45. The van der Waals surface area contributed by atoms with Crippen molar-refractivity contribution in [2.75, 3.05) is 5.75 Å². The fraction of sp³-hybridized carbons (Fsp3) is 0.909.